The molecule has 3 N–H and O–H groups in total. The van der Waals surface area contributed by atoms with E-state index in [1.807, 2.05) is 12.1 Å². The van der Waals surface area contributed by atoms with Gasteiger partial charge in [-0.15, -0.1) is 0 Å². The molecule has 0 spiro atoms. The monoisotopic (exact) mass is 209 g/mol. The number of nitrogens with one attached hydrogen (secondary N) is 1. The molecule has 84 valence electrons. The second kappa shape index (κ2) is 6.43. The Morgan fingerprint density at radius 3 is 2.53 bits per heavy atom. The maximum Gasteiger partial charge on any atom is 0.115 e. The molecule has 0 amide bonds. The van der Waals surface area contributed by atoms with Crippen LogP contribution in [0.3, 0.4) is 0 Å². The van der Waals surface area contributed by atoms with Crippen LogP contribution in [0.25, 0.3) is 0 Å². The fraction of sp³-hybridized carbons (Fsp3) is 0.500. The Balaban J connectivity index is 2.27. The minimum atomic E-state index is 0.255. The molecule has 0 radical (unpaired) electrons. The van der Waals surface area contributed by atoms with E-state index >= 15 is 0 Å². The van der Waals surface area contributed by atoms with Crippen LogP contribution in [0.5, 0.6) is 5.75 Å². The Morgan fingerprint density at radius 2 is 1.93 bits per heavy atom. The van der Waals surface area contributed by atoms with E-state index in [1.165, 1.54) is 0 Å². The first-order valence-corrected chi connectivity index (χ1v) is 5.34. The molecule has 0 aliphatic rings. The van der Waals surface area contributed by atoms with E-state index in [2.05, 4.69) is 12.2 Å². The Bertz CT molecular complexity index is 271. The molecule has 1 unspecified atom stereocenters. The van der Waals surface area contributed by atoms with Crippen molar-refractivity contribution in [3.8, 4) is 5.75 Å². The van der Waals surface area contributed by atoms with Crippen molar-refractivity contribution in [3.63, 3.8) is 0 Å². The van der Waals surface area contributed by atoms with E-state index in [4.69, 9.17) is 10.2 Å². The first-order valence-electron chi connectivity index (χ1n) is 5.34. The highest BCUT2D eigenvalue weighted by atomic mass is 16.3. The molecule has 0 saturated carbocycles. The predicted octanol–water partition coefficient (Wildman–Crippen LogP) is 1.64. The minimum Gasteiger partial charge on any atom is -0.508 e. The lowest BCUT2D eigenvalue weighted by atomic mass is 10.1. The van der Waals surface area contributed by atoms with E-state index in [0.29, 0.717) is 11.8 Å². The highest BCUT2D eigenvalue weighted by molar-refractivity contribution is 5.25. The number of phenols is 1. The smallest absolute Gasteiger partial charge is 0.115 e. The van der Waals surface area contributed by atoms with Crippen LogP contribution in [-0.4, -0.2) is 22.9 Å². The summed E-state index contributed by atoms with van der Waals surface area (Å²) in [5, 5.41) is 21.1. The van der Waals surface area contributed by atoms with Gasteiger partial charge in [0.2, 0.25) is 0 Å². The number of benzene rings is 1. The number of aliphatic hydroxyl groups excluding tert-OH is 1. The van der Waals surface area contributed by atoms with Gasteiger partial charge in [-0.05, 0) is 37.5 Å². The van der Waals surface area contributed by atoms with Crippen LogP contribution < -0.4 is 5.32 Å². The Morgan fingerprint density at radius 1 is 1.27 bits per heavy atom. The highest BCUT2D eigenvalue weighted by Crippen LogP contribution is 2.09. The van der Waals surface area contributed by atoms with Gasteiger partial charge in [-0.2, -0.15) is 0 Å². The Labute approximate surface area is 90.8 Å². The maximum atomic E-state index is 9.10. The summed E-state index contributed by atoms with van der Waals surface area (Å²) >= 11 is 0. The maximum absolute atomic E-state index is 9.10. The van der Waals surface area contributed by atoms with Gasteiger partial charge in [-0.3, -0.25) is 0 Å². The fourth-order valence-corrected chi connectivity index (χ4v) is 1.41. The lowest BCUT2D eigenvalue weighted by Gasteiger charge is -2.12. The SMILES string of the molecule is CC(CCCO)NCc1ccc(O)cc1. The average molecular weight is 209 g/mol. The molecule has 3 nitrogen and oxygen atoms in total. The summed E-state index contributed by atoms with van der Waals surface area (Å²) in [5.41, 5.74) is 1.16. The van der Waals surface area contributed by atoms with Gasteiger partial charge in [0.05, 0.1) is 0 Å². The number of hydrogen-bond acceptors (Lipinski definition) is 3. The fourth-order valence-electron chi connectivity index (χ4n) is 1.41. The second-order valence-electron chi connectivity index (χ2n) is 3.81. The van der Waals surface area contributed by atoms with Crippen LogP contribution >= 0.6 is 0 Å². The van der Waals surface area contributed by atoms with Gasteiger partial charge >= 0.3 is 0 Å². The van der Waals surface area contributed by atoms with Crippen LogP contribution in [0.1, 0.15) is 25.3 Å². The van der Waals surface area contributed by atoms with Crippen LogP contribution in [0.2, 0.25) is 0 Å². The first kappa shape index (κ1) is 12.0. The normalized spacial score (nSPS) is 12.7. The van der Waals surface area contributed by atoms with Gasteiger partial charge in [0.15, 0.2) is 0 Å². The molecule has 0 aromatic heterocycles. The number of hydrogen-bond donors (Lipinski definition) is 3. The van der Waals surface area contributed by atoms with Crippen molar-refractivity contribution in [1.29, 1.82) is 0 Å². The Kier molecular flexibility index (Phi) is 5.15. The lowest BCUT2D eigenvalue weighted by molar-refractivity contribution is 0.276. The van der Waals surface area contributed by atoms with Crippen LogP contribution in [0.15, 0.2) is 24.3 Å². The van der Waals surface area contributed by atoms with Crippen LogP contribution in [0, 0.1) is 0 Å². The summed E-state index contributed by atoms with van der Waals surface area (Å²) in [5.74, 6) is 0.298. The third-order valence-corrected chi connectivity index (χ3v) is 2.39. The average Bonchev–Trinajstić information content (AvgIpc) is 2.25. The number of rotatable bonds is 6. The molecular weight excluding hydrogens is 190 g/mol. The first-order chi connectivity index (χ1) is 7.22. The molecule has 0 heterocycles. The molecule has 1 aromatic carbocycles. The molecule has 0 bridgehead atoms. The quantitative estimate of drug-likeness (QED) is 0.667. The van der Waals surface area contributed by atoms with Gasteiger partial charge < -0.3 is 15.5 Å². The molecule has 0 saturated heterocycles. The summed E-state index contributed by atoms with van der Waals surface area (Å²) in [6.45, 7) is 3.16. The summed E-state index contributed by atoms with van der Waals surface area (Å²) < 4.78 is 0. The predicted molar refractivity (Wildman–Crippen MR) is 60.7 cm³/mol. The van der Waals surface area contributed by atoms with E-state index in [0.717, 1.165) is 24.9 Å². The van der Waals surface area contributed by atoms with Gasteiger partial charge in [-0.25, -0.2) is 0 Å². The zero-order chi connectivity index (χ0) is 11.1. The van der Waals surface area contributed by atoms with Crippen molar-refractivity contribution in [1.82, 2.24) is 5.32 Å². The standard InChI is InChI=1S/C12H19NO2/c1-10(3-2-8-14)13-9-11-4-6-12(15)7-5-11/h4-7,10,13-15H,2-3,8-9H2,1H3. The minimum absolute atomic E-state index is 0.255. The van der Waals surface area contributed by atoms with Crippen molar-refractivity contribution in [2.75, 3.05) is 6.61 Å². The molecule has 0 aliphatic heterocycles. The number of phenolic OH excluding ortho intramolecular Hbond substituents is 1. The lowest BCUT2D eigenvalue weighted by Crippen LogP contribution is -2.25. The third kappa shape index (κ3) is 4.81. The molecular formula is C12H19NO2. The summed E-state index contributed by atoms with van der Waals surface area (Å²) in [4.78, 5) is 0. The van der Waals surface area contributed by atoms with E-state index in [1.54, 1.807) is 12.1 Å². The molecule has 1 atom stereocenters. The van der Waals surface area contributed by atoms with Crippen LogP contribution in [0.4, 0.5) is 0 Å². The largest absolute Gasteiger partial charge is 0.508 e. The van der Waals surface area contributed by atoms with Crippen molar-refractivity contribution >= 4 is 0 Å². The molecule has 0 fully saturated rings. The topological polar surface area (TPSA) is 52.5 Å². The summed E-state index contributed by atoms with van der Waals surface area (Å²) in [6, 6.07) is 7.60. The highest BCUT2D eigenvalue weighted by Gasteiger charge is 2.00. The van der Waals surface area contributed by atoms with Gasteiger partial charge in [0, 0.05) is 19.2 Å². The van der Waals surface area contributed by atoms with E-state index < -0.39 is 0 Å². The van der Waals surface area contributed by atoms with E-state index in [9.17, 15) is 0 Å². The van der Waals surface area contributed by atoms with Crippen LogP contribution in [-0.2, 0) is 6.54 Å². The van der Waals surface area contributed by atoms with Crippen molar-refractivity contribution < 1.29 is 10.2 Å². The molecule has 15 heavy (non-hydrogen) atoms. The van der Waals surface area contributed by atoms with Gasteiger partial charge in [0.1, 0.15) is 5.75 Å². The number of aromatic hydroxyl groups is 1. The van der Waals surface area contributed by atoms with Crippen molar-refractivity contribution in [2.24, 2.45) is 0 Å². The zero-order valence-electron chi connectivity index (χ0n) is 9.11. The van der Waals surface area contributed by atoms with Crippen molar-refractivity contribution in [2.45, 2.75) is 32.4 Å². The van der Waals surface area contributed by atoms with E-state index in [-0.39, 0.29) is 6.61 Å². The molecule has 3 heteroatoms. The second-order valence-corrected chi connectivity index (χ2v) is 3.81. The summed E-state index contributed by atoms with van der Waals surface area (Å²) in [6.07, 6.45) is 1.82. The Hall–Kier alpha value is -1.06. The molecule has 0 aliphatic carbocycles. The van der Waals surface area contributed by atoms with Crippen molar-refractivity contribution in [3.05, 3.63) is 29.8 Å². The molecule has 1 rings (SSSR count). The van der Waals surface area contributed by atoms with Gasteiger partial charge in [-0.1, -0.05) is 12.1 Å². The summed E-state index contributed by atoms with van der Waals surface area (Å²) in [7, 11) is 0. The third-order valence-electron chi connectivity index (χ3n) is 2.39. The zero-order valence-corrected chi connectivity index (χ0v) is 9.11. The molecule has 1 aromatic rings. The number of aliphatic hydroxyl groups is 1. The van der Waals surface area contributed by atoms with Gasteiger partial charge in [0.25, 0.3) is 0 Å².